The molecule has 1 aromatic rings. The molecule has 1 unspecified atom stereocenters. The van der Waals surface area contributed by atoms with Gasteiger partial charge in [-0.2, -0.15) is 0 Å². The van der Waals surface area contributed by atoms with E-state index in [1.165, 1.54) is 10.9 Å². The third-order valence-corrected chi connectivity index (χ3v) is 4.71. The van der Waals surface area contributed by atoms with Crippen molar-refractivity contribution in [1.82, 2.24) is 4.90 Å². The highest BCUT2D eigenvalue weighted by Crippen LogP contribution is 2.30. The van der Waals surface area contributed by atoms with Crippen LogP contribution in [0.5, 0.6) is 0 Å². The highest BCUT2D eigenvalue weighted by Gasteiger charge is 2.50. The minimum absolute atomic E-state index is 0.0405. The fraction of sp³-hybridized carbons (Fsp3) is 0.562. The molecular weight excluding hydrogens is 348 g/mol. The number of aliphatic hydroxyl groups is 3. The van der Waals surface area contributed by atoms with Crippen molar-refractivity contribution in [3.05, 3.63) is 30.1 Å². The Balaban J connectivity index is 1.77. The number of likely N-dealkylation sites (tertiary alicyclic amines) is 1. The van der Waals surface area contributed by atoms with Crippen molar-refractivity contribution < 1.29 is 44.3 Å². The van der Waals surface area contributed by atoms with E-state index in [9.17, 15) is 24.9 Å². The predicted molar refractivity (Wildman–Crippen MR) is 82.3 cm³/mol. The number of rotatable bonds is 4. The first-order valence-electron chi connectivity index (χ1n) is 8.16. The Morgan fingerprint density at radius 3 is 2.65 bits per heavy atom. The molecule has 10 nitrogen and oxygen atoms in total. The maximum Gasteiger partial charge on any atom is 0.335 e. The van der Waals surface area contributed by atoms with Gasteiger partial charge in [0, 0.05) is 29.8 Å². The van der Waals surface area contributed by atoms with Crippen molar-refractivity contribution >= 4 is 11.9 Å². The van der Waals surface area contributed by atoms with Gasteiger partial charge in [0.1, 0.15) is 12.2 Å². The zero-order chi connectivity index (χ0) is 19.0. The predicted octanol–water partition coefficient (Wildman–Crippen LogP) is -2.41. The molecule has 142 valence electrons. The van der Waals surface area contributed by atoms with Crippen LogP contribution in [0.1, 0.15) is 24.4 Å². The van der Waals surface area contributed by atoms with Gasteiger partial charge in [-0.15, -0.1) is 0 Å². The number of amides is 1. The zero-order valence-electron chi connectivity index (χ0n) is 14.0. The van der Waals surface area contributed by atoms with Gasteiger partial charge in [0.25, 0.3) is 6.29 Å². The van der Waals surface area contributed by atoms with Crippen LogP contribution in [0, 0.1) is 0 Å². The number of carbonyl (C=O) groups excluding carboxylic acids is 1. The van der Waals surface area contributed by atoms with Gasteiger partial charge in [-0.3, -0.25) is 4.79 Å². The van der Waals surface area contributed by atoms with Gasteiger partial charge in [0.05, 0.1) is 6.04 Å². The van der Waals surface area contributed by atoms with E-state index >= 15 is 0 Å². The van der Waals surface area contributed by atoms with Crippen LogP contribution < -0.4 is 9.57 Å². The lowest BCUT2D eigenvalue weighted by molar-refractivity contribution is -0.909. The van der Waals surface area contributed by atoms with E-state index in [1.807, 2.05) is 6.07 Å². The normalized spacial score (nSPS) is 34.8. The summed E-state index contributed by atoms with van der Waals surface area (Å²) in [4.78, 5) is 29.9. The van der Waals surface area contributed by atoms with Crippen molar-refractivity contribution in [2.45, 2.75) is 49.6 Å². The second-order valence-electron chi connectivity index (χ2n) is 6.40. The van der Waals surface area contributed by atoms with Gasteiger partial charge in [-0.05, 0) is 12.5 Å². The number of aliphatic hydroxyl groups excluding tert-OH is 3. The maximum atomic E-state index is 11.7. The van der Waals surface area contributed by atoms with Gasteiger partial charge in [-0.1, -0.05) is 0 Å². The van der Waals surface area contributed by atoms with E-state index in [-0.39, 0.29) is 11.9 Å². The molecule has 3 rings (SSSR count). The van der Waals surface area contributed by atoms with E-state index in [4.69, 9.17) is 14.7 Å². The summed E-state index contributed by atoms with van der Waals surface area (Å²) in [5, 5.41) is 38.6. The summed E-state index contributed by atoms with van der Waals surface area (Å²) in [7, 11) is 1.71. The van der Waals surface area contributed by atoms with E-state index in [0.717, 1.165) is 5.56 Å². The highest BCUT2D eigenvalue weighted by atomic mass is 16.8. The number of aromatic nitrogens is 1. The SMILES string of the molecule is CN1C(=O)CCC1c1ccc[n+](O[C@@H]2O[C@H](C(=O)O)[C@@H](O)[C@H](O)[C@H]2O)c1. The zero-order valence-corrected chi connectivity index (χ0v) is 14.0. The van der Waals surface area contributed by atoms with Crippen LogP contribution in [0.4, 0.5) is 0 Å². The van der Waals surface area contributed by atoms with Crippen molar-refractivity contribution in [3.63, 3.8) is 0 Å². The Labute approximate surface area is 148 Å². The van der Waals surface area contributed by atoms with E-state index in [1.54, 1.807) is 24.2 Å². The van der Waals surface area contributed by atoms with E-state index < -0.39 is 36.7 Å². The fourth-order valence-electron chi connectivity index (χ4n) is 3.19. The second kappa shape index (κ2) is 7.16. The number of ether oxygens (including phenoxy) is 1. The average Bonchev–Trinajstić information content (AvgIpc) is 2.94. The lowest BCUT2D eigenvalue weighted by atomic mass is 9.99. The van der Waals surface area contributed by atoms with Crippen molar-refractivity contribution in [3.8, 4) is 0 Å². The number of carboxylic acid groups (broad SMARTS) is 1. The first kappa shape index (κ1) is 18.5. The average molecular weight is 369 g/mol. The largest absolute Gasteiger partial charge is 0.479 e. The van der Waals surface area contributed by atoms with Crippen LogP contribution in [0.25, 0.3) is 0 Å². The summed E-state index contributed by atoms with van der Waals surface area (Å²) in [5.41, 5.74) is 0.793. The molecule has 3 heterocycles. The Kier molecular flexibility index (Phi) is 5.10. The van der Waals surface area contributed by atoms with Gasteiger partial charge in [0.15, 0.2) is 12.2 Å². The molecule has 1 amide bonds. The molecule has 1 aromatic heterocycles. The first-order valence-corrected chi connectivity index (χ1v) is 8.16. The number of aliphatic carboxylic acids is 1. The molecule has 2 aliphatic heterocycles. The molecule has 2 aliphatic rings. The number of pyridine rings is 1. The first-order chi connectivity index (χ1) is 12.3. The van der Waals surface area contributed by atoms with Crippen molar-refractivity contribution in [2.75, 3.05) is 7.05 Å². The molecule has 6 atom stereocenters. The third kappa shape index (κ3) is 3.36. The number of nitrogens with zero attached hydrogens (tertiary/aromatic N) is 2. The lowest BCUT2D eigenvalue weighted by Gasteiger charge is -2.36. The van der Waals surface area contributed by atoms with E-state index in [2.05, 4.69) is 0 Å². The Bertz CT molecular complexity index is 699. The number of carboxylic acids is 1. The smallest absolute Gasteiger partial charge is 0.335 e. The molecule has 0 aromatic carbocycles. The third-order valence-electron chi connectivity index (χ3n) is 4.71. The van der Waals surface area contributed by atoms with Crippen LogP contribution in [0.2, 0.25) is 0 Å². The Morgan fingerprint density at radius 2 is 2.04 bits per heavy atom. The van der Waals surface area contributed by atoms with Crippen LogP contribution in [0.15, 0.2) is 24.5 Å². The summed E-state index contributed by atoms with van der Waals surface area (Å²) < 4.78 is 6.29. The van der Waals surface area contributed by atoms with Gasteiger partial charge >= 0.3 is 5.97 Å². The lowest BCUT2D eigenvalue weighted by Crippen LogP contribution is -2.65. The van der Waals surface area contributed by atoms with Crippen LogP contribution in [0.3, 0.4) is 0 Å². The second-order valence-corrected chi connectivity index (χ2v) is 6.40. The molecule has 2 fully saturated rings. The topological polar surface area (TPSA) is 141 Å². The Hall–Kier alpha value is -2.27. The highest BCUT2D eigenvalue weighted by molar-refractivity contribution is 5.78. The van der Waals surface area contributed by atoms with Gasteiger partial charge in [0.2, 0.25) is 18.3 Å². The maximum absolute atomic E-state index is 11.7. The van der Waals surface area contributed by atoms with Gasteiger partial charge < -0.3 is 30.1 Å². The molecule has 26 heavy (non-hydrogen) atoms. The summed E-state index contributed by atoms with van der Waals surface area (Å²) in [5.74, 6) is -1.44. The molecule has 2 saturated heterocycles. The standard InChI is InChI=1S/C16H20N2O8/c1-17-9(4-5-10(17)19)8-3-2-6-18(7-8)26-16-13(22)11(20)12(21)14(25-16)15(23)24/h2-3,6-7,9,11-14,16,20-22H,4-5H2,1H3/p+1/t9?,11-,12-,13+,14-,16-/m0/s1. The quantitative estimate of drug-likeness (QED) is 0.430. The molecule has 0 radical (unpaired) electrons. The Morgan fingerprint density at radius 1 is 1.31 bits per heavy atom. The summed E-state index contributed by atoms with van der Waals surface area (Å²) in [6.45, 7) is 0. The molecule has 10 heteroatoms. The van der Waals surface area contributed by atoms with Gasteiger partial charge in [-0.25, -0.2) is 9.63 Å². The monoisotopic (exact) mass is 369 g/mol. The summed E-state index contributed by atoms with van der Waals surface area (Å²) in [6.07, 6.45) is -4.20. The molecule has 0 saturated carbocycles. The fourth-order valence-corrected chi connectivity index (χ4v) is 3.19. The molecule has 4 N–H and O–H groups in total. The number of hydrogen-bond donors (Lipinski definition) is 4. The molecule has 0 bridgehead atoms. The van der Waals surface area contributed by atoms with Crippen molar-refractivity contribution in [1.29, 1.82) is 0 Å². The summed E-state index contributed by atoms with van der Waals surface area (Å²) in [6, 6.07) is 3.37. The van der Waals surface area contributed by atoms with Crippen LogP contribution in [-0.2, 0) is 14.3 Å². The molecular formula is C16H21N2O8+. The minimum atomic E-state index is -1.78. The summed E-state index contributed by atoms with van der Waals surface area (Å²) >= 11 is 0. The van der Waals surface area contributed by atoms with Crippen LogP contribution in [-0.4, -0.2) is 75.0 Å². The van der Waals surface area contributed by atoms with E-state index in [0.29, 0.717) is 12.8 Å². The molecule has 0 spiro atoms. The molecule has 0 aliphatic carbocycles. The van der Waals surface area contributed by atoms with Crippen molar-refractivity contribution in [2.24, 2.45) is 0 Å². The number of hydrogen-bond acceptors (Lipinski definition) is 7. The minimum Gasteiger partial charge on any atom is -0.479 e. The van der Waals surface area contributed by atoms with Crippen LogP contribution >= 0.6 is 0 Å². The number of carbonyl (C=O) groups is 2.